The molecule has 1 fully saturated rings. The van der Waals surface area contributed by atoms with Crippen LogP contribution in [0.1, 0.15) is 41.0 Å². The highest BCUT2D eigenvalue weighted by atomic mass is 16.4. The van der Waals surface area contributed by atoms with Crippen LogP contribution in [0.25, 0.3) is 0 Å². The van der Waals surface area contributed by atoms with E-state index in [1.165, 1.54) is 0 Å². The highest BCUT2D eigenvalue weighted by Gasteiger charge is 2.39. The van der Waals surface area contributed by atoms with Gasteiger partial charge in [-0.15, -0.1) is 0 Å². The lowest BCUT2D eigenvalue weighted by atomic mass is 9.86. The number of hydrogen-bond donors (Lipinski definition) is 2. The molecule has 0 aromatic heterocycles. The molecule has 0 aliphatic carbocycles. The maximum Gasteiger partial charge on any atom is 0.326 e. The second-order valence-corrected chi connectivity index (χ2v) is 6.69. The van der Waals surface area contributed by atoms with Gasteiger partial charge in [-0.05, 0) is 19.3 Å². The zero-order chi connectivity index (χ0) is 15.7. The Balaban J connectivity index is 2.73. The van der Waals surface area contributed by atoms with Gasteiger partial charge in [-0.3, -0.25) is 9.59 Å². The molecular weight excluding hydrogens is 260 g/mol. The molecule has 6 nitrogen and oxygen atoms in total. The van der Waals surface area contributed by atoms with Crippen LogP contribution in [0.2, 0.25) is 0 Å². The van der Waals surface area contributed by atoms with Crippen LogP contribution in [0, 0.1) is 11.3 Å². The number of aliphatic carboxylic acids is 1. The Morgan fingerprint density at radius 3 is 2.25 bits per heavy atom. The van der Waals surface area contributed by atoms with Gasteiger partial charge in [0.25, 0.3) is 0 Å². The lowest BCUT2D eigenvalue weighted by Crippen LogP contribution is -2.51. The van der Waals surface area contributed by atoms with Crippen molar-refractivity contribution in [3.05, 3.63) is 0 Å². The van der Waals surface area contributed by atoms with Crippen LogP contribution in [0.15, 0.2) is 0 Å². The van der Waals surface area contributed by atoms with Gasteiger partial charge in [0.05, 0.1) is 5.92 Å². The third kappa shape index (κ3) is 3.71. The molecule has 1 rings (SSSR count). The number of carboxylic acids is 1. The summed E-state index contributed by atoms with van der Waals surface area (Å²) in [5.41, 5.74) is -0.582. The Hall–Kier alpha value is -1.59. The van der Waals surface area contributed by atoms with Gasteiger partial charge in [0.15, 0.2) is 0 Å². The zero-order valence-electron chi connectivity index (χ0n) is 12.8. The van der Waals surface area contributed by atoms with E-state index < -0.39 is 23.3 Å². The number of rotatable bonds is 4. The number of nitrogens with one attached hydrogen (secondary N) is 1. The number of amides is 2. The SMILES string of the molecule is CC(C)N1CC(C(=O)NC(C(=O)O)C(C)(C)C)CC1=O. The number of carboxylic acid groups (broad SMARTS) is 1. The monoisotopic (exact) mass is 284 g/mol. The van der Waals surface area contributed by atoms with E-state index in [1.54, 1.807) is 25.7 Å². The Bertz CT molecular complexity index is 412. The molecule has 2 N–H and O–H groups in total. The number of hydrogen-bond acceptors (Lipinski definition) is 3. The molecule has 1 saturated heterocycles. The minimum absolute atomic E-state index is 0.0530. The van der Waals surface area contributed by atoms with Crippen molar-refractivity contribution in [2.24, 2.45) is 11.3 Å². The van der Waals surface area contributed by atoms with Crippen molar-refractivity contribution in [1.29, 1.82) is 0 Å². The highest BCUT2D eigenvalue weighted by Crippen LogP contribution is 2.23. The third-order valence-corrected chi connectivity index (χ3v) is 3.55. The molecule has 1 aliphatic heterocycles. The molecule has 0 aromatic rings. The maximum atomic E-state index is 12.2. The molecule has 0 radical (unpaired) electrons. The number of carbonyl (C=O) groups excluding carboxylic acids is 2. The fourth-order valence-electron chi connectivity index (χ4n) is 2.32. The number of nitrogens with zero attached hydrogens (tertiary/aromatic N) is 1. The summed E-state index contributed by atoms with van der Waals surface area (Å²) in [7, 11) is 0. The van der Waals surface area contributed by atoms with Gasteiger partial charge >= 0.3 is 5.97 Å². The molecule has 6 heteroatoms. The summed E-state index contributed by atoms with van der Waals surface area (Å²) in [5, 5.41) is 11.8. The quantitative estimate of drug-likeness (QED) is 0.801. The van der Waals surface area contributed by atoms with E-state index >= 15 is 0 Å². The molecule has 2 amide bonds. The lowest BCUT2D eigenvalue weighted by molar-refractivity contribution is -0.145. The van der Waals surface area contributed by atoms with Crippen molar-refractivity contribution in [2.75, 3.05) is 6.54 Å². The molecule has 114 valence electrons. The van der Waals surface area contributed by atoms with Gasteiger partial charge in [-0.25, -0.2) is 4.79 Å². The molecule has 0 bridgehead atoms. The standard InChI is InChI=1S/C14H24N2O4/c1-8(2)16-7-9(6-10(16)17)12(18)15-11(13(19)20)14(3,4)5/h8-9,11H,6-7H2,1-5H3,(H,15,18)(H,19,20). The Kier molecular flexibility index (Phi) is 4.78. The predicted molar refractivity (Wildman–Crippen MR) is 74.0 cm³/mol. The molecule has 20 heavy (non-hydrogen) atoms. The minimum Gasteiger partial charge on any atom is -0.480 e. The van der Waals surface area contributed by atoms with Gasteiger partial charge in [0.1, 0.15) is 6.04 Å². The van der Waals surface area contributed by atoms with E-state index in [0.29, 0.717) is 6.54 Å². The van der Waals surface area contributed by atoms with Crippen molar-refractivity contribution in [3.8, 4) is 0 Å². The molecule has 1 heterocycles. The van der Waals surface area contributed by atoms with Crippen molar-refractivity contribution < 1.29 is 19.5 Å². The van der Waals surface area contributed by atoms with Crippen LogP contribution in [-0.2, 0) is 14.4 Å². The van der Waals surface area contributed by atoms with Crippen LogP contribution < -0.4 is 5.32 Å². The van der Waals surface area contributed by atoms with E-state index in [0.717, 1.165) is 0 Å². The smallest absolute Gasteiger partial charge is 0.326 e. The fraction of sp³-hybridized carbons (Fsp3) is 0.786. The van der Waals surface area contributed by atoms with Crippen LogP contribution >= 0.6 is 0 Å². The Labute approximate surface area is 119 Å². The average molecular weight is 284 g/mol. The van der Waals surface area contributed by atoms with Crippen molar-refractivity contribution in [2.45, 2.75) is 53.1 Å². The van der Waals surface area contributed by atoms with Crippen LogP contribution in [-0.4, -0.2) is 46.4 Å². The van der Waals surface area contributed by atoms with Gasteiger partial charge in [-0.2, -0.15) is 0 Å². The summed E-state index contributed by atoms with van der Waals surface area (Å²) in [5.74, 6) is -1.93. The van der Waals surface area contributed by atoms with E-state index in [-0.39, 0.29) is 24.3 Å². The van der Waals surface area contributed by atoms with Crippen LogP contribution in [0.4, 0.5) is 0 Å². The number of likely N-dealkylation sites (tertiary alicyclic amines) is 1. The lowest BCUT2D eigenvalue weighted by Gasteiger charge is -2.28. The van der Waals surface area contributed by atoms with Crippen molar-refractivity contribution in [3.63, 3.8) is 0 Å². The molecule has 2 unspecified atom stereocenters. The molecular formula is C14H24N2O4. The summed E-state index contributed by atoms with van der Waals surface area (Å²) in [4.78, 5) is 36.8. The highest BCUT2D eigenvalue weighted by molar-refractivity contribution is 5.91. The zero-order valence-corrected chi connectivity index (χ0v) is 12.8. The molecule has 0 saturated carbocycles. The molecule has 2 atom stereocenters. The van der Waals surface area contributed by atoms with Crippen molar-refractivity contribution >= 4 is 17.8 Å². The second-order valence-electron chi connectivity index (χ2n) is 6.69. The third-order valence-electron chi connectivity index (χ3n) is 3.55. The van der Waals surface area contributed by atoms with Gasteiger partial charge in [-0.1, -0.05) is 20.8 Å². The summed E-state index contributed by atoms with van der Waals surface area (Å²) < 4.78 is 0. The topological polar surface area (TPSA) is 86.7 Å². The van der Waals surface area contributed by atoms with Gasteiger partial charge in [0.2, 0.25) is 11.8 Å². The minimum atomic E-state index is -1.06. The molecule has 1 aliphatic rings. The second kappa shape index (κ2) is 5.81. The fourth-order valence-corrected chi connectivity index (χ4v) is 2.32. The van der Waals surface area contributed by atoms with Gasteiger partial charge in [0, 0.05) is 19.0 Å². The average Bonchev–Trinajstić information content (AvgIpc) is 2.65. The summed E-state index contributed by atoms with van der Waals surface area (Å²) >= 11 is 0. The van der Waals surface area contributed by atoms with Crippen LogP contribution in [0.3, 0.4) is 0 Å². The maximum absolute atomic E-state index is 12.2. The first-order valence-electron chi connectivity index (χ1n) is 6.86. The van der Waals surface area contributed by atoms with E-state index in [9.17, 15) is 19.5 Å². The first-order valence-corrected chi connectivity index (χ1v) is 6.86. The summed E-state index contributed by atoms with van der Waals surface area (Å²) in [6.07, 6.45) is 0.153. The van der Waals surface area contributed by atoms with Gasteiger partial charge < -0.3 is 15.3 Å². The number of carbonyl (C=O) groups is 3. The Morgan fingerprint density at radius 2 is 1.90 bits per heavy atom. The molecule has 0 aromatic carbocycles. The largest absolute Gasteiger partial charge is 0.480 e. The first kappa shape index (κ1) is 16.5. The predicted octanol–water partition coefficient (Wildman–Crippen LogP) is 0.859. The summed E-state index contributed by atoms with van der Waals surface area (Å²) in [6, 6.07) is -0.906. The molecule has 0 spiro atoms. The van der Waals surface area contributed by atoms with Crippen molar-refractivity contribution in [1.82, 2.24) is 10.2 Å². The Morgan fingerprint density at radius 1 is 1.35 bits per heavy atom. The van der Waals surface area contributed by atoms with Crippen LogP contribution in [0.5, 0.6) is 0 Å². The first-order chi connectivity index (χ1) is 9.04. The van der Waals surface area contributed by atoms with E-state index in [1.807, 2.05) is 13.8 Å². The summed E-state index contributed by atoms with van der Waals surface area (Å²) in [6.45, 7) is 9.42. The van der Waals surface area contributed by atoms with E-state index in [2.05, 4.69) is 5.32 Å². The van der Waals surface area contributed by atoms with E-state index in [4.69, 9.17) is 0 Å². The normalized spacial score (nSPS) is 21.2.